The summed E-state index contributed by atoms with van der Waals surface area (Å²) in [5.74, 6) is 1.18. The van der Waals surface area contributed by atoms with Crippen molar-refractivity contribution in [3.05, 3.63) is 29.8 Å². The van der Waals surface area contributed by atoms with Gasteiger partial charge in [-0.2, -0.15) is 0 Å². The number of aromatic hydroxyl groups is 1. The van der Waals surface area contributed by atoms with Crippen molar-refractivity contribution >= 4 is 0 Å². The van der Waals surface area contributed by atoms with Crippen molar-refractivity contribution in [3.8, 4) is 5.75 Å². The minimum absolute atomic E-state index is 0.387. The van der Waals surface area contributed by atoms with Crippen LogP contribution in [0.4, 0.5) is 0 Å². The van der Waals surface area contributed by atoms with E-state index in [4.69, 9.17) is 0 Å². The lowest BCUT2D eigenvalue weighted by Gasteiger charge is -2.27. The van der Waals surface area contributed by atoms with Crippen molar-refractivity contribution < 1.29 is 5.11 Å². The summed E-state index contributed by atoms with van der Waals surface area (Å²) in [6.07, 6.45) is 10.5. The van der Waals surface area contributed by atoms with E-state index in [1.807, 2.05) is 12.1 Å². The van der Waals surface area contributed by atoms with E-state index in [0.29, 0.717) is 11.8 Å². The highest BCUT2D eigenvalue weighted by atomic mass is 16.3. The molecule has 0 amide bonds. The average molecular weight is 275 g/mol. The van der Waals surface area contributed by atoms with Gasteiger partial charge >= 0.3 is 0 Å². The van der Waals surface area contributed by atoms with Crippen molar-refractivity contribution in [2.75, 3.05) is 6.54 Å². The predicted molar refractivity (Wildman–Crippen MR) is 85.1 cm³/mol. The second-order valence-electron chi connectivity index (χ2n) is 6.19. The first-order chi connectivity index (χ1) is 9.79. The second-order valence-corrected chi connectivity index (χ2v) is 6.19. The van der Waals surface area contributed by atoms with E-state index < -0.39 is 0 Å². The zero-order valence-corrected chi connectivity index (χ0v) is 12.8. The van der Waals surface area contributed by atoms with E-state index >= 15 is 0 Å². The zero-order chi connectivity index (χ0) is 14.2. The quantitative estimate of drug-likeness (QED) is 0.760. The van der Waals surface area contributed by atoms with Gasteiger partial charge in [0.2, 0.25) is 0 Å². The van der Waals surface area contributed by atoms with Crippen molar-refractivity contribution in [1.82, 2.24) is 5.32 Å². The first kappa shape index (κ1) is 15.4. The molecule has 2 nitrogen and oxygen atoms in total. The molecule has 2 N–H and O–H groups in total. The van der Waals surface area contributed by atoms with Crippen LogP contribution in [0.3, 0.4) is 0 Å². The minimum Gasteiger partial charge on any atom is -0.508 e. The molecule has 1 unspecified atom stereocenters. The van der Waals surface area contributed by atoms with Gasteiger partial charge in [-0.25, -0.2) is 0 Å². The van der Waals surface area contributed by atoms with Crippen LogP contribution in [0.2, 0.25) is 0 Å². The molecule has 1 saturated carbocycles. The Morgan fingerprint density at radius 3 is 2.60 bits per heavy atom. The Bertz CT molecular complexity index is 383. The van der Waals surface area contributed by atoms with Gasteiger partial charge in [-0.1, -0.05) is 44.7 Å². The Hall–Kier alpha value is -1.02. The van der Waals surface area contributed by atoms with Gasteiger partial charge in [0, 0.05) is 6.04 Å². The SMILES string of the molecule is CCCNC(Cc1cccc(O)c1)C1CCCCCC1. The van der Waals surface area contributed by atoms with Gasteiger partial charge in [0.05, 0.1) is 0 Å². The number of hydrogen-bond donors (Lipinski definition) is 2. The third kappa shape index (κ3) is 4.82. The summed E-state index contributed by atoms with van der Waals surface area (Å²) >= 11 is 0. The standard InChI is InChI=1S/C18H29NO/c1-2-12-19-18(16-9-5-3-4-6-10-16)14-15-8-7-11-17(20)13-15/h7-8,11,13,16,18-20H,2-6,9-10,12,14H2,1H3. The zero-order valence-electron chi connectivity index (χ0n) is 12.8. The fourth-order valence-corrected chi connectivity index (χ4v) is 3.39. The normalized spacial score (nSPS) is 18.6. The highest BCUT2D eigenvalue weighted by Gasteiger charge is 2.22. The molecule has 0 spiro atoms. The van der Waals surface area contributed by atoms with Crippen LogP contribution in [0, 0.1) is 5.92 Å². The lowest BCUT2D eigenvalue weighted by atomic mass is 9.87. The van der Waals surface area contributed by atoms with E-state index in [2.05, 4.69) is 18.3 Å². The highest BCUT2D eigenvalue weighted by molar-refractivity contribution is 5.27. The predicted octanol–water partition coefficient (Wildman–Crippen LogP) is 4.27. The van der Waals surface area contributed by atoms with Gasteiger partial charge in [-0.05, 0) is 55.8 Å². The third-order valence-electron chi connectivity index (χ3n) is 4.49. The molecule has 0 radical (unpaired) electrons. The van der Waals surface area contributed by atoms with Gasteiger partial charge in [-0.3, -0.25) is 0 Å². The van der Waals surface area contributed by atoms with Crippen molar-refractivity contribution in [2.24, 2.45) is 5.92 Å². The molecule has 1 aliphatic rings. The van der Waals surface area contributed by atoms with E-state index in [1.165, 1.54) is 50.5 Å². The largest absolute Gasteiger partial charge is 0.508 e. The molecule has 0 aliphatic heterocycles. The van der Waals surface area contributed by atoms with Crippen LogP contribution in [0.5, 0.6) is 5.75 Å². The fourth-order valence-electron chi connectivity index (χ4n) is 3.39. The monoisotopic (exact) mass is 275 g/mol. The molecule has 1 aromatic rings. The van der Waals surface area contributed by atoms with Crippen LogP contribution in [0.25, 0.3) is 0 Å². The molecule has 1 aromatic carbocycles. The summed E-state index contributed by atoms with van der Waals surface area (Å²) in [4.78, 5) is 0. The van der Waals surface area contributed by atoms with E-state index in [0.717, 1.165) is 18.9 Å². The van der Waals surface area contributed by atoms with Crippen molar-refractivity contribution in [3.63, 3.8) is 0 Å². The summed E-state index contributed by atoms with van der Waals surface area (Å²) in [6.45, 7) is 3.32. The molecule has 0 bridgehead atoms. The van der Waals surface area contributed by atoms with Crippen LogP contribution in [-0.2, 0) is 6.42 Å². The third-order valence-corrected chi connectivity index (χ3v) is 4.49. The van der Waals surface area contributed by atoms with Crippen molar-refractivity contribution in [1.29, 1.82) is 0 Å². The Morgan fingerprint density at radius 1 is 1.20 bits per heavy atom. The maximum absolute atomic E-state index is 9.64. The summed E-state index contributed by atoms with van der Waals surface area (Å²) < 4.78 is 0. The molecule has 0 saturated heterocycles. The van der Waals surface area contributed by atoms with E-state index in [-0.39, 0.29) is 0 Å². The smallest absolute Gasteiger partial charge is 0.115 e. The van der Waals surface area contributed by atoms with Crippen LogP contribution >= 0.6 is 0 Å². The Kier molecular flexibility index (Phi) is 6.38. The molecule has 0 aromatic heterocycles. The first-order valence-corrected chi connectivity index (χ1v) is 8.31. The Balaban J connectivity index is 2.01. The topological polar surface area (TPSA) is 32.3 Å². The average Bonchev–Trinajstić information content (AvgIpc) is 2.72. The maximum Gasteiger partial charge on any atom is 0.115 e. The molecule has 20 heavy (non-hydrogen) atoms. The van der Waals surface area contributed by atoms with Gasteiger partial charge < -0.3 is 10.4 Å². The number of nitrogens with one attached hydrogen (secondary N) is 1. The molecule has 2 rings (SSSR count). The van der Waals surface area contributed by atoms with Crippen LogP contribution < -0.4 is 5.32 Å². The number of hydrogen-bond acceptors (Lipinski definition) is 2. The molecule has 1 fully saturated rings. The molecule has 2 heteroatoms. The maximum atomic E-state index is 9.64. The molecule has 1 atom stereocenters. The van der Waals surface area contributed by atoms with Crippen molar-refractivity contribution in [2.45, 2.75) is 64.3 Å². The summed E-state index contributed by atoms with van der Waals surface area (Å²) in [7, 11) is 0. The van der Waals surface area contributed by atoms with Crippen LogP contribution in [-0.4, -0.2) is 17.7 Å². The summed E-state index contributed by atoms with van der Waals surface area (Å²) in [5, 5.41) is 13.4. The Labute approximate surface area is 123 Å². The second kappa shape index (κ2) is 8.31. The summed E-state index contributed by atoms with van der Waals surface area (Å²) in [5.41, 5.74) is 1.25. The summed E-state index contributed by atoms with van der Waals surface area (Å²) in [6, 6.07) is 8.32. The Morgan fingerprint density at radius 2 is 1.95 bits per heavy atom. The minimum atomic E-state index is 0.387. The van der Waals surface area contributed by atoms with Gasteiger partial charge in [0.15, 0.2) is 0 Å². The molecule has 1 aliphatic carbocycles. The van der Waals surface area contributed by atoms with Crippen LogP contribution in [0.1, 0.15) is 57.4 Å². The van der Waals surface area contributed by atoms with Crippen LogP contribution in [0.15, 0.2) is 24.3 Å². The van der Waals surface area contributed by atoms with Gasteiger partial charge in [0.25, 0.3) is 0 Å². The van der Waals surface area contributed by atoms with Gasteiger partial charge in [0.1, 0.15) is 5.75 Å². The lowest BCUT2D eigenvalue weighted by Crippen LogP contribution is -2.38. The number of benzene rings is 1. The molecular weight excluding hydrogens is 246 g/mol. The highest BCUT2D eigenvalue weighted by Crippen LogP contribution is 2.27. The number of phenols is 1. The number of phenolic OH excluding ortho intramolecular Hbond substituents is 1. The fraction of sp³-hybridized carbons (Fsp3) is 0.667. The van der Waals surface area contributed by atoms with E-state index in [9.17, 15) is 5.11 Å². The van der Waals surface area contributed by atoms with E-state index in [1.54, 1.807) is 6.07 Å². The first-order valence-electron chi connectivity index (χ1n) is 8.31. The van der Waals surface area contributed by atoms with Gasteiger partial charge in [-0.15, -0.1) is 0 Å². The molecule has 0 heterocycles. The molecular formula is C18H29NO. The molecule has 112 valence electrons. The lowest BCUT2D eigenvalue weighted by molar-refractivity contribution is 0.317. The number of rotatable bonds is 6.